The number of carboxylic acid groups (broad SMARTS) is 1. The fourth-order valence-corrected chi connectivity index (χ4v) is 2.37. The molecule has 5 nitrogen and oxygen atoms in total. The summed E-state index contributed by atoms with van der Waals surface area (Å²) in [5.41, 5.74) is 6.51. The van der Waals surface area contributed by atoms with Gasteiger partial charge in [0.1, 0.15) is 6.04 Å². The number of nitrogens with two attached hydrogens (primary N) is 1. The predicted molar refractivity (Wildman–Crippen MR) is 90.0 cm³/mol. The zero-order valence-electron chi connectivity index (χ0n) is 12.7. The molecule has 0 aliphatic heterocycles. The third-order valence-corrected chi connectivity index (χ3v) is 3.63. The molecule has 120 valence electrons. The minimum absolute atomic E-state index is 0.201. The van der Waals surface area contributed by atoms with E-state index in [1.54, 1.807) is 0 Å². The first-order valence-corrected chi connectivity index (χ1v) is 7.38. The van der Waals surface area contributed by atoms with Gasteiger partial charge in [-0.2, -0.15) is 0 Å². The fourth-order valence-electron chi connectivity index (χ4n) is 2.37. The first-order valence-electron chi connectivity index (χ1n) is 7.38. The highest BCUT2D eigenvalue weighted by atomic mass is 16.4. The van der Waals surface area contributed by atoms with Crippen LogP contribution in [-0.2, 0) is 16.0 Å². The smallest absolute Gasteiger partial charge is 0.326 e. The van der Waals surface area contributed by atoms with E-state index in [4.69, 9.17) is 5.73 Å². The molecule has 0 bridgehead atoms. The highest BCUT2D eigenvalue weighted by Crippen LogP contribution is 2.16. The van der Waals surface area contributed by atoms with Crippen LogP contribution >= 0.6 is 0 Å². The number of aliphatic carboxylic acids is 1. The van der Waals surface area contributed by atoms with Gasteiger partial charge in [-0.3, -0.25) is 4.79 Å². The molecule has 0 aliphatic rings. The lowest BCUT2D eigenvalue weighted by atomic mass is 10.0. The summed E-state index contributed by atoms with van der Waals surface area (Å²) in [6.45, 7) is 3.52. The van der Waals surface area contributed by atoms with Crippen molar-refractivity contribution in [2.24, 2.45) is 5.73 Å². The van der Waals surface area contributed by atoms with Crippen LogP contribution in [0.4, 0.5) is 0 Å². The van der Waals surface area contributed by atoms with Crippen molar-refractivity contribution in [3.05, 3.63) is 60.7 Å². The van der Waals surface area contributed by atoms with Gasteiger partial charge in [0.25, 0.3) is 0 Å². The van der Waals surface area contributed by atoms with E-state index in [2.05, 4.69) is 11.9 Å². The molecule has 1 amide bonds. The maximum atomic E-state index is 11.9. The number of hydrogen-bond donors (Lipinski definition) is 3. The molecule has 0 saturated heterocycles. The third kappa shape index (κ3) is 4.40. The molecule has 2 rings (SSSR count). The van der Waals surface area contributed by atoms with Crippen molar-refractivity contribution in [1.82, 2.24) is 5.32 Å². The molecule has 2 aromatic carbocycles. The zero-order chi connectivity index (χ0) is 16.8. The Kier molecular flexibility index (Phi) is 5.49. The van der Waals surface area contributed by atoms with E-state index >= 15 is 0 Å². The molecule has 0 heterocycles. The molecule has 0 aliphatic carbocycles. The minimum atomic E-state index is -1.09. The van der Waals surface area contributed by atoms with E-state index < -0.39 is 24.0 Å². The Morgan fingerprint density at radius 1 is 1.22 bits per heavy atom. The Morgan fingerprint density at radius 2 is 1.91 bits per heavy atom. The quantitative estimate of drug-likeness (QED) is 0.680. The second-order valence-electron chi connectivity index (χ2n) is 5.42. The standard InChI is InChI=1S/C18H20N2O3/c1-2-5-15(19)17(21)20-16(18(22)23)11-12-8-9-13-6-3-4-7-14(13)10-12/h2-4,6-10,15-16H,1,5,11,19H2,(H,20,21)(H,22,23)/t15-,16-/m0/s1. The summed E-state index contributed by atoms with van der Waals surface area (Å²) in [5.74, 6) is -1.57. The van der Waals surface area contributed by atoms with E-state index in [1.165, 1.54) is 6.08 Å². The maximum Gasteiger partial charge on any atom is 0.326 e. The molecule has 0 fully saturated rings. The first kappa shape index (κ1) is 16.7. The van der Waals surface area contributed by atoms with Crippen LogP contribution in [0.25, 0.3) is 10.8 Å². The van der Waals surface area contributed by atoms with E-state index in [0.29, 0.717) is 6.42 Å². The molecular formula is C18H20N2O3. The second kappa shape index (κ2) is 7.56. The topological polar surface area (TPSA) is 92.4 Å². The Balaban J connectivity index is 2.13. The van der Waals surface area contributed by atoms with Crippen molar-refractivity contribution < 1.29 is 14.7 Å². The SMILES string of the molecule is C=CC[C@H](N)C(=O)N[C@@H](Cc1ccc2ccccc2c1)C(=O)O. The molecular weight excluding hydrogens is 292 g/mol. The predicted octanol–water partition coefficient (Wildman–Crippen LogP) is 1.86. The lowest BCUT2D eigenvalue weighted by Crippen LogP contribution is -2.49. The van der Waals surface area contributed by atoms with Gasteiger partial charge in [0.15, 0.2) is 0 Å². The maximum absolute atomic E-state index is 11.9. The van der Waals surface area contributed by atoms with Crippen molar-refractivity contribution in [1.29, 1.82) is 0 Å². The highest BCUT2D eigenvalue weighted by molar-refractivity contribution is 5.87. The molecule has 2 aromatic rings. The average molecular weight is 312 g/mol. The van der Waals surface area contributed by atoms with Crippen molar-refractivity contribution in [3.63, 3.8) is 0 Å². The van der Waals surface area contributed by atoms with Crippen LogP contribution in [0.1, 0.15) is 12.0 Å². The van der Waals surface area contributed by atoms with Crippen molar-refractivity contribution in [3.8, 4) is 0 Å². The van der Waals surface area contributed by atoms with E-state index in [1.807, 2.05) is 42.5 Å². The first-order chi connectivity index (χ1) is 11.0. The number of benzene rings is 2. The summed E-state index contributed by atoms with van der Waals surface area (Å²) in [7, 11) is 0. The van der Waals surface area contributed by atoms with Crippen LogP contribution < -0.4 is 11.1 Å². The van der Waals surface area contributed by atoms with Gasteiger partial charge in [-0.25, -0.2) is 4.79 Å². The van der Waals surface area contributed by atoms with E-state index in [-0.39, 0.29) is 6.42 Å². The molecule has 0 aromatic heterocycles. The molecule has 0 radical (unpaired) electrons. The fraction of sp³-hybridized carbons (Fsp3) is 0.222. The molecule has 23 heavy (non-hydrogen) atoms. The Labute approximate surface area is 134 Å². The number of carbonyl (C=O) groups is 2. The minimum Gasteiger partial charge on any atom is -0.480 e. The number of amides is 1. The number of carbonyl (C=O) groups excluding carboxylic acids is 1. The van der Waals surface area contributed by atoms with Gasteiger partial charge in [-0.05, 0) is 22.8 Å². The van der Waals surface area contributed by atoms with Crippen LogP contribution in [0.3, 0.4) is 0 Å². The molecule has 2 atom stereocenters. The lowest BCUT2D eigenvalue weighted by Gasteiger charge is -2.17. The number of fused-ring (bicyclic) bond motifs is 1. The molecule has 0 spiro atoms. The van der Waals surface area contributed by atoms with Gasteiger partial charge in [0, 0.05) is 6.42 Å². The Bertz CT molecular complexity index is 727. The summed E-state index contributed by atoms with van der Waals surface area (Å²) >= 11 is 0. The van der Waals surface area contributed by atoms with Gasteiger partial charge in [-0.1, -0.05) is 48.5 Å². The summed E-state index contributed by atoms with van der Waals surface area (Å²) in [6.07, 6.45) is 2.03. The van der Waals surface area contributed by atoms with Crippen molar-refractivity contribution in [2.75, 3.05) is 0 Å². The average Bonchev–Trinajstić information content (AvgIpc) is 2.54. The van der Waals surface area contributed by atoms with E-state index in [0.717, 1.165) is 16.3 Å². The molecule has 0 saturated carbocycles. The molecule has 0 unspecified atom stereocenters. The lowest BCUT2D eigenvalue weighted by molar-refractivity contribution is -0.141. The van der Waals surface area contributed by atoms with Crippen LogP contribution in [0, 0.1) is 0 Å². The normalized spacial score (nSPS) is 13.3. The van der Waals surface area contributed by atoms with Crippen molar-refractivity contribution >= 4 is 22.6 Å². The van der Waals surface area contributed by atoms with E-state index in [9.17, 15) is 14.7 Å². The highest BCUT2D eigenvalue weighted by Gasteiger charge is 2.23. The summed E-state index contributed by atoms with van der Waals surface area (Å²) in [5, 5.41) is 13.9. The van der Waals surface area contributed by atoms with Gasteiger partial charge in [-0.15, -0.1) is 6.58 Å². The summed E-state index contributed by atoms with van der Waals surface area (Å²) in [6, 6.07) is 11.8. The number of nitrogens with one attached hydrogen (secondary N) is 1. The van der Waals surface area contributed by atoms with Gasteiger partial charge in [0.05, 0.1) is 6.04 Å². The van der Waals surface area contributed by atoms with Crippen molar-refractivity contribution in [2.45, 2.75) is 24.9 Å². The third-order valence-electron chi connectivity index (χ3n) is 3.63. The van der Waals surface area contributed by atoms with Crippen LogP contribution in [0.2, 0.25) is 0 Å². The van der Waals surface area contributed by atoms with Crippen LogP contribution in [-0.4, -0.2) is 29.1 Å². The monoisotopic (exact) mass is 312 g/mol. The number of carboxylic acids is 1. The second-order valence-corrected chi connectivity index (χ2v) is 5.42. The number of hydrogen-bond acceptors (Lipinski definition) is 3. The van der Waals surface area contributed by atoms with Crippen LogP contribution in [0.15, 0.2) is 55.1 Å². The van der Waals surface area contributed by atoms with Gasteiger partial charge >= 0.3 is 5.97 Å². The molecule has 5 heteroatoms. The molecule has 4 N–H and O–H groups in total. The zero-order valence-corrected chi connectivity index (χ0v) is 12.7. The summed E-state index contributed by atoms with van der Waals surface area (Å²) in [4.78, 5) is 23.3. The Morgan fingerprint density at radius 3 is 2.57 bits per heavy atom. The Hall–Kier alpha value is -2.66. The number of rotatable bonds is 7. The van der Waals surface area contributed by atoms with Crippen LogP contribution in [0.5, 0.6) is 0 Å². The summed E-state index contributed by atoms with van der Waals surface area (Å²) < 4.78 is 0. The van der Waals surface area contributed by atoms with Gasteiger partial charge in [0.2, 0.25) is 5.91 Å². The van der Waals surface area contributed by atoms with Gasteiger partial charge < -0.3 is 16.2 Å². The largest absolute Gasteiger partial charge is 0.480 e.